The van der Waals surface area contributed by atoms with Gasteiger partial charge in [-0.05, 0) is 62.1 Å². The second-order valence-electron chi connectivity index (χ2n) is 7.07. The van der Waals surface area contributed by atoms with Crippen LogP contribution in [0.1, 0.15) is 34.1 Å². The Morgan fingerprint density at radius 1 is 1.15 bits per heavy atom. The van der Waals surface area contributed by atoms with E-state index in [0.717, 1.165) is 28.9 Å². The van der Waals surface area contributed by atoms with Crippen molar-refractivity contribution in [2.45, 2.75) is 33.2 Å². The standard InChI is InChI=1S/C22H22N4O/c1-14-8-9-15(2)19(12-14)25-22-23-11-10-18(24-22)21(27)26-16(3)13-17-6-4-5-7-20(17)26/h4-12,16H,13H2,1-3H3,(H,23,24,25). The van der Waals surface area contributed by atoms with Crippen LogP contribution in [0.5, 0.6) is 0 Å². The normalized spacial score (nSPS) is 15.5. The Balaban J connectivity index is 1.63. The van der Waals surface area contributed by atoms with Crippen LogP contribution in [0.25, 0.3) is 0 Å². The Hall–Kier alpha value is -3.21. The van der Waals surface area contributed by atoms with Gasteiger partial charge in [0.2, 0.25) is 5.95 Å². The predicted molar refractivity (Wildman–Crippen MR) is 108 cm³/mol. The molecule has 1 aromatic heterocycles. The number of anilines is 3. The summed E-state index contributed by atoms with van der Waals surface area (Å²) in [6, 6.07) is 16.0. The third-order valence-electron chi connectivity index (χ3n) is 4.94. The number of fused-ring (bicyclic) bond motifs is 1. The van der Waals surface area contributed by atoms with Crippen LogP contribution < -0.4 is 10.2 Å². The molecule has 1 aliphatic rings. The zero-order valence-corrected chi connectivity index (χ0v) is 15.7. The smallest absolute Gasteiger partial charge is 0.277 e. The van der Waals surface area contributed by atoms with Gasteiger partial charge in [-0.3, -0.25) is 4.79 Å². The molecule has 0 radical (unpaired) electrons. The quantitative estimate of drug-likeness (QED) is 0.752. The minimum absolute atomic E-state index is 0.0983. The Labute approximate surface area is 159 Å². The molecule has 0 saturated heterocycles. The summed E-state index contributed by atoms with van der Waals surface area (Å²) in [7, 11) is 0. The Kier molecular flexibility index (Phi) is 4.36. The van der Waals surface area contributed by atoms with Gasteiger partial charge in [0.15, 0.2) is 0 Å². The van der Waals surface area contributed by atoms with E-state index in [4.69, 9.17) is 0 Å². The number of benzene rings is 2. The van der Waals surface area contributed by atoms with Crippen LogP contribution in [0.15, 0.2) is 54.7 Å². The summed E-state index contributed by atoms with van der Waals surface area (Å²) < 4.78 is 0. The molecule has 2 aromatic carbocycles. The van der Waals surface area contributed by atoms with Gasteiger partial charge in [0.1, 0.15) is 5.69 Å². The lowest BCUT2D eigenvalue weighted by Crippen LogP contribution is -2.36. The van der Waals surface area contributed by atoms with Gasteiger partial charge < -0.3 is 10.2 Å². The fourth-order valence-corrected chi connectivity index (χ4v) is 3.53. The predicted octanol–water partition coefficient (Wildman–Crippen LogP) is 4.43. The summed E-state index contributed by atoms with van der Waals surface area (Å²) in [4.78, 5) is 23.7. The topological polar surface area (TPSA) is 58.1 Å². The molecular weight excluding hydrogens is 336 g/mol. The highest BCUT2D eigenvalue weighted by Gasteiger charge is 2.31. The maximum atomic E-state index is 13.2. The van der Waals surface area contributed by atoms with Crippen molar-refractivity contribution in [1.29, 1.82) is 0 Å². The van der Waals surface area contributed by atoms with Gasteiger partial charge in [-0.1, -0.05) is 30.3 Å². The van der Waals surface area contributed by atoms with Gasteiger partial charge >= 0.3 is 0 Å². The van der Waals surface area contributed by atoms with Crippen molar-refractivity contribution in [2.75, 3.05) is 10.2 Å². The zero-order chi connectivity index (χ0) is 19.0. The van der Waals surface area contributed by atoms with Crippen LogP contribution in [0, 0.1) is 13.8 Å². The van der Waals surface area contributed by atoms with Crippen molar-refractivity contribution in [2.24, 2.45) is 0 Å². The molecule has 2 heterocycles. The lowest BCUT2D eigenvalue weighted by atomic mass is 10.1. The molecule has 0 bridgehead atoms. The summed E-state index contributed by atoms with van der Waals surface area (Å²) in [6.45, 7) is 6.13. The van der Waals surface area contributed by atoms with Gasteiger partial charge in [-0.2, -0.15) is 0 Å². The van der Waals surface area contributed by atoms with Crippen molar-refractivity contribution in [3.05, 3.63) is 77.1 Å². The summed E-state index contributed by atoms with van der Waals surface area (Å²) in [6.07, 6.45) is 2.49. The molecule has 0 spiro atoms. The number of para-hydroxylation sites is 1. The minimum Gasteiger partial charge on any atom is -0.324 e. The molecule has 0 aliphatic carbocycles. The van der Waals surface area contributed by atoms with Crippen LogP contribution in [0.2, 0.25) is 0 Å². The van der Waals surface area contributed by atoms with E-state index in [0.29, 0.717) is 11.6 Å². The molecule has 1 N–H and O–H groups in total. The molecule has 27 heavy (non-hydrogen) atoms. The highest BCUT2D eigenvalue weighted by Crippen LogP contribution is 2.33. The lowest BCUT2D eigenvalue weighted by molar-refractivity contribution is 0.0976. The van der Waals surface area contributed by atoms with Crippen LogP contribution >= 0.6 is 0 Å². The fraction of sp³-hybridized carbons (Fsp3) is 0.227. The van der Waals surface area contributed by atoms with E-state index in [1.165, 1.54) is 5.56 Å². The minimum atomic E-state index is -0.0983. The van der Waals surface area contributed by atoms with Crippen molar-refractivity contribution in [1.82, 2.24) is 9.97 Å². The molecule has 5 heteroatoms. The van der Waals surface area contributed by atoms with Crippen molar-refractivity contribution in [3.63, 3.8) is 0 Å². The molecule has 1 amide bonds. The van der Waals surface area contributed by atoms with Crippen molar-refractivity contribution < 1.29 is 4.79 Å². The number of hydrogen-bond acceptors (Lipinski definition) is 4. The number of rotatable bonds is 3. The average Bonchev–Trinajstić information content (AvgIpc) is 3.00. The van der Waals surface area contributed by atoms with Crippen LogP contribution in [0.4, 0.5) is 17.3 Å². The number of carbonyl (C=O) groups is 1. The number of amides is 1. The summed E-state index contributed by atoms with van der Waals surface area (Å²) in [5.41, 5.74) is 5.75. The third-order valence-corrected chi connectivity index (χ3v) is 4.94. The molecular formula is C22H22N4O. The molecule has 1 atom stereocenters. The van der Waals surface area contributed by atoms with Gasteiger partial charge in [0.05, 0.1) is 0 Å². The maximum absolute atomic E-state index is 13.2. The van der Waals surface area contributed by atoms with E-state index in [1.54, 1.807) is 12.3 Å². The fourth-order valence-electron chi connectivity index (χ4n) is 3.53. The highest BCUT2D eigenvalue weighted by molar-refractivity contribution is 6.06. The van der Waals surface area contributed by atoms with E-state index in [-0.39, 0.29) is 11.9 Å². The number of aromatic nitrogens is 2. The van der Waals surface area contributed by atoms with E-state index in [9.17, 15) is 4.79 Å². The molecule has 0 fully saturated rings. The molecule has 4 rings (SSSR count). The Morgan fingerprint density at radius 3 is 2.81 bits per heavy atom. The largest absolute Gasteiger partial charge is 0.324 e. The summed E-state index contributed by atoms with van der Waals surface area (Å²) in [5.74, 6) is 0.327. The average molecular weight is 358 g/mol. The first-order chi connectivity index (χ1) is 13.0. The number of carbonyl (C=O) groups excluding carboxylic acids is 1. The molecule has 5 nitrogen and oxygen atoms in total. The first-order valence-corrected chi connectivity index (χ1v) is 9.12. The summed E-state index contributed by atoms with van der Waals surface area (Å²) >= 11 is 0. The number of nitrogens with one attached hydrogen (secondary N) is 1. The van der Waals surface area contributed by atoms with Crippen LogP contribution in [0.3, 0.4) is 0 Å². The van der Waals surface area contributed by atoms with Crippen LogP contribution in [-0.4, -0.2) is 21.9 Å². The maximum Gasteiger partial charge on any atom is 0.277 e. The van der Waals surface area contributed by atoms with Crippen LogP contribution in [-0.2, 0) is 6.42 Å². The number of hydrogen-bond donors (Lipinski definition) is 1. The monoisotopic (exact) mass is 358 g/mol. The Bertz CT molecular complexity index is 1010. The van der Waals surface area contributed by atoms with Gasteiger partial charge in [0, 0.05) is 23.6 Å². The molecule has 136 valence electrons. The molecule has 1 aliphatic heterocycles. The number of aryl methyl sites for hydroxylation is 2. The zero-order valence-electron chi connectivity index (χ0n) is 15.7. The van der Waals surface area contributed by atoms with Gasteiger partial charge in [0.25, 0.3) is 5.91 Å². The third kappa shape index (κ3) is 3.28. The van der Waals surface area contributed by atoms with Crippen molar-refractivity contribution in [3.8, 4) is 0 Å². The summed E-state index contributed by atoms with van der Waals surface area (Å²) in [5, 5.41) is 3.24. The highest BCUT2D eigenvalue weighted by atomic mass is 16.2. The Morgan fingerprint density at radius 2 is 1.96 bits per heavy atom. The molecule has 0 saturated carbocycles. The second-order valence-corrected chi connectivity index (χ2v) is 7.07. The van der Waals surface area contributed by atoms with Gasteiger partial charge in [-0.15, -0.1) is 0 Å². The van der Waals surface area contributed by atoms with E-state index < -0.39 is 0 Å². The first-order valence-electron chi connectivity index (χ1n) is 9.12. The second kappa shape index (κ2) is 6.83. The number of nitrogens with zero attached hydrogens (tertiary/aromatic N) is 3. The van der Waals surface area contributed by atoms with E-state index in [2.05, 4.69) is 40.4 Å². The van der Waals surface area contributed by atoms with Gasteiger partial charge in [-0.25, -0.2) is 9.97 Å². The van der Waals surface area contributed by atoms with Crippen molar-refractivity contribution >= 4 is 23.2 Å². The SMILES string of the molecule is Cc1ccc(C)c(Nc2nccc(C(=O)N3c4ccccc4CC3C)n2)c1. The van der Waals surface area contributed by atoms with E-state index in [1.807, 2.05) is 43.0 Å². The molecule has 1 unspecified atom stereocenters. The lowest BCUT2D eigenvalue weighted by Gasteiger charge is -2.22. The van der Waals surface area contributed by atoms with E-state index >= 15 is 0 Å². The molecule has 3 aromatic rings. The first kappa shape index (κ1) is 17.2.